The highest BCUT2D eigenvalue weighted by Crippen LogP contribution is 2.30. The Kier molecular flexibility index (Phi) is 5.76. The Labute approximate surface area is 147 Å². The van der Waals surface area contributed by atoms with Crippen LogP contribution in [0.15, 0.2) is 24.3 Å². The van der Waals surface area contributed by atoms with Crippen molar-refractivity contribution in [1.29, 1.82) is 0 Å². The number of hydrogen-bond donors (Lipinski definition) is 1. The topological polar surface area (TPSA) is 68.3 Å². The molecule has 0 radical (unpaired) electrons. The van der Waals surface area contributed by atoms with Gasteiger partial charge in [-0.15, -0.1) is 0 Å². The van der Waals surface area contributed by atoms with Gasteiger partial charge in [-0.3, -0.25) is 14.6 Å². The molecule has 0 unspecified atom stereocenters. The van der Waals surface area contributed by atoms with Crippen molar-refractivity contribution in [3.05, 3.63) is 41.1 Å². The van der Waals surface area contributed by atoms with Crippen LogP contribution < -0.4 is 5.32 Å². The number of para-hydroxylation sites is 1. The molecule has 2 aromatic rings. The summed E-state index contributed by atoms with van der Waals surface area (Å²) >= 11 is 0. The summed E-state index contributed by atoms with van der Waals surface area (Å²) in [5.74, 6) is -0.0729. The maximum atomic E-state index is 12.9. The fraction of sp³-hybridized carbons (Fsp3) is 0.450. The zero-order valence-electron chi connectivity index (χ0n) is 14.6. The van der Waals surface area contributed by atoms with Crippen molar-refractivity contribution >= 4 is 22.6 Å². The number of amides is 1. The van der Waals surface area contributed by atoms with Gasteiger partial charge in [0.2, 0.25) is 5.91 Å². The molecule has 0 aliphatic heterocycles. The Morgan fingerprint density at radius 1 is 1.16 bits per heavy atom. The molecule has 5 heteroatoms. The van der Waals surface area contributed by atoms with E-state index < -0.39 is 0 Å². The molecular weight excluding hydrogens is 316 g/mol. The molecule has 1 aromatic heterocycles. The zero-order valence-corrected chi connectivity index (χ0v) is 14.6. The second-order valence-corrected chi connectivity index (χ2v) is 6.40. The van der Waals surface area contributed by atoms with E-state index in [4.69, 9.17) is 9.72 Å². The number of methoxy groups -OCH3 is 1. The maximum absolute atomic E-state index is 12.9. The van der Waals surface area contributed by atoms with Gasteiger partial charge in [0.15, 0.2) is 5.78 Å². The first-order chi connectivity index (χ1) is 12.2. The molecule has 0 bridgehead atoms. The van der Waals surface area contributed by atoms with Gasteiger partial charge in [-0.2, -0.15) is 0 Å². The summed E-state index contributed by atoms with van der Waals surface area (Å²) in [6.07, 6.45) is 4.46. The van der Waals surface area contributed by atoms with Crippen molar-refractivity contribution in [3.8, 4) is 0 Å². The molecule has 25 heavy (non-hydrogen) atoms. The van der Waals surface area contributed by atoms with E-state index in [0.29, 0.717) is 13.2 Å². The van der Waals surface area contributed by atoms with Crippen LogP contribution in [-0.2, 0) is 22.4 Å². The molecule has 1 amide bonds. The summed E-state index contributed by atoms with van der Waals surface area (Å²) in [7, 11) is 1.59. The highest BCUT2D eigenvalue weighted by molar-refractivity contribution is 6.09. The van der Waals surface area contributed by atoms with Crippen LogP contribution >= 0.6 is 0 Å². The van der Waals surface area contributed by atoms with Gasteiger partial charge in [-0.25, -0.2) is 0 Å². The van der Waals surface area contributed by atoms with Crippen LogP contribution in [0.1, 0.15) is 47.3 Å². The predicted octanol–water partition coefficient (Wildman–Crippen LogP) is 2.84. The molecule has 1 N–H and O–H groups in total. The number of pyridine rings is 1. The minimum absolute atomic E-state index is 0.0404. The molecule has 132 valence electrons. The van der Waals surface area contributed by atoms with E-state index in [2.05, 4.69) is 5.32 Å². The number of aryl methyl sites for hydroxylation is 1. The molecule has 1 aliphatic carbocycles. The second-order valence-electron chi connectivity index (χ2n) is 6.40. The van der Waals surface area contributed by atoms with Crippen LogP contribution in [0.4, 0.5) is 0 Å². The number of carbonyl (C=O) groups excluding carboxylic acids is 2. The van der Waals surface area contributed by atoms with Gasteiger partial charge in [0, 0.05) is 43.1 Å². The molecular formula is C20H24N2O3. The molecule has 1 heterocycles. The molecule has 0 spiro atoms. The number of carbonyl (C=O) groups is 2. The number of hydrogen-bond acceptors (Lipinski definition) is 4. The fourth-order valence-corrected chi connectivity index (χ4v) is 3.42. The van der Waals surface area contributed by atoms with Crippen molar-refractivity contribution < 1.29 is 14.3 Å². The number of fused-ring (bicyclic) bond motifs is 2. The smallest absolute Gasteiger partial charge is 0.220 e. The summed E-state index contributed by atoms with van der Waals surface area (Å²) in [6, 6.07) is 7.80. The number of benzene rings is 1. The van der Waals surface area contributed by atoms with E-state index in [-0.39, 0.29) is 24.5 Å². The van der Waals surface area contributed by atoms with Gasteiger partial charge < -0.3 is 10.1 Å². The summed E-state index contributed by atoms with van der Waals surface area (Å²) < 4.78 is 4.91. The lowest BCUT2D eigenvalue weighted by Gasteiger charge is -2.20. The van der Waals surface area contributed by atoms with Crippen molar-refractivity contribution in [1.82, 2.24) is 10.3 Å². The van der Waals surface area contributed by atoms with Crippen LogP contribution in [0.25, 0.3) is 10.9 Å². The monoisotopic (exact) mass is 340 g/mol. The van der Waals surface area contributed by atoms with Gasteiger partial charge in [0.25, 0.3) is 0 Å². The number of rotatable bonds is 7. The number of nitrogens with zero attached hydrogens (tertiary/aromatic N) is 1. The second kappa shape index (κ2) is 8.21. The molecule has 1 aromatic carbocycles. The van der Waals surface area contributed by atoms with Gasteiger partial charge >= 0.3 is 0 Å². The number of ketones is 1. The Morgan fingerprint density at radius 3 is 2.80 bits per heavy atom. The van der Waals surface area contributed by atoms with E-state index >= 15 is 0 Å². The molecule has 0 saturated carbocycles. The average molecular weight is 340 g/mol. The lowest BCUT2D eigenvalue weighted by atomic mass is 9.87. The fourth-order valence-electron chi connectivity index (χ4n) is 3.42. The van der Waals surface area contributed by atoms with Crippen molar-refractivity contribution in [2.24, 2.45) is 0 Å². The molecule has 3 rings (SSSR count). The first-order valence-corrected chi connectivity index (χ1v) is 8.90. The maximum Gasteiger partial charge on any atom is 0.220 e. The predicted molar refractivity (Wildman–Crippen MR) is 96.8 cm³/mol. The SMILES string of the molecule is COCCNC(=O)CCC(=O)c1c2c(nc3ccccc13)CCCC2. The standard InChI is InChI=1S/C20H24N2O3/c1-25-13-12-21-19(24)11-10-18(23)20-14-6-2-4-8-16(14)22-17-9-5-3-7-15(17)20/h2,4,6,8H,3,5,7,9-13H2,1H3,(H,21,24). The largest absolute Gasteiger partial charge is 0.383 e. The lowest BCUT2D eigenvalue weighted by molar-refractivity contribution is -0.121. The van der Waals surface area contributed by atoms with Gasteiger partial charge in [-0.1, -0.05) is 18.2 Å². The molecule has 5 nitrogen and oxygen atoms in total. The van der Waals surface area contributed by atoms with E-state index in [1.165, 1.54) is 0 Å². The molecule has 0 saturated heterocycles. The first kappa shape index (κ1) is 17.5. The highest BCUT2D eigenvalue weighted by Gasteiger charge is 2.22. The number of Topliss-reactive ketones (excluding diaryl/α,β-unsaturated/α-hetero) is 1. The average Bonchev–Trinajstić information content (AvgIpc) is 2.64. The van der Waals surface area contributed by atoms with Gasteiger partial charge in [-0.05, 0) is 37.3 Å². The van der Waals surface area contributed by atoms with Crippen molar-refractivity contribution in [2.75, 3.05) is 20.3 Å². The van der Waals surface area contributed by atoms with Crippen LogP contribution in [0.3, 0.4) is 0 Å². The third-order valence-corrected chi connectivity index (χ3v) is 4.66. The number of aromatic nitrogens is 1. The molecule has 0 atom stereocenters. The van der Waals surface area contributed by atoms with Crippen LogP contribution in [0.2, 0.25) is 0 Å². The lowest BCUT2D eigenvalue weighted by Crippen LogP contribution is -2.27. The van der Waals surface area contributed by atoms with Gasteiger partial charge in [0.1, 0.15) is 0 Å². The van der Waals surface area contributed by atoms with Crippen LogP contribution in [0, 0.1) is 0 Å². The third kappa shape index (κ3) is 4.04. The third-order valence-electron chi connectivity index (χ3n) is 4.66. The van der Waals surface area contributed by atoms with Gasteiger partial charge in [0.05, 0.1) is 12.1 Å². The van der Waals surface area contributed by atoms with Crippen molar-refractivity contribution in [2.45, 2.75) is 38.5 Å². The summed E-state index contributed by atoms with van der Waals surface area (Å²) in [5.41, 5.74) is 3.80. The number of ether oxygens (including phenoxy) is 1. The van der Waals surface area contributed by atoms with E-state index in [9.17, 15) is 9.59 Å². The Bertz CT molecular complexity index is 786. The van der Waals surface area contributed by atoms with Crippen LogP contribution in [0.5, 0.6) is 0 Å². The minimum atomic E-state index is -0.113. The van der Waals surface area contributed by atoms with E-state index in [1.54, 1.807) is 7.11 Å². The summed E-state index contributed by atoms with van der Waals surface area (Å²) in [5, 5.41) is 3.67. The quantitative estimate of drug-likeness (QED) is 0.622. The molecule has 0 fully saturated rings. The van der Waals surface area contributed by atoms with Crippen molar-refractivity contribution in [3.63, 3.8) is 0 Å². The van der Waals surface area contributed by atoms with Crippen LogP contribution in [-0.4, -0.2) is 36.9 Å². The normalized spacial score (nSPS) is 13.5. The Hall–Kier alpha value is -2.27. The minimum Gasteiger partial charge on any atom is -0.383 e. The Balaban J connectivity index is 1.82. The molecule has 1 aliphatic rings. The number of nitrogens with one attached hydrogen (secondary N) is 1. The van der Waals surface area contributed by atoms with E-state index in [1.807, 2.05) is 24.3 Å². The summed E-state index contributed by atoms with van der Waals surface area (Å²) in [4.78, 5) is 29.6. The summed E-state index contributed by atoms with van der Waals surface area (Å²) in [6.45, 7) is 0.944. The van der Waals surface area contributed by atoms with E-state index in [0.717, 1.165) is 53.4 Å². The Morgan fingerprint density at radius 2 is 1.96 bits per heavy atom. The highest BCUT2D eigenvalue weighted by atomic mass is 16.5. The zero-order chi connectivity index (χ0) is 17.6. The first-order valence-electron chi connectivity index (χ1n) is 8.90.